The van der Waals surface area contributed by atoms with Crippen LogP contribution in [-0.2, 0) is 0 Å². The van der Waals surface area contributed by atoms with Gasteiger partial charge in [0.25, 0.3) is 0 Å². The zero-order chi connectivity index (χ0) is 0. The van der Waals surface area contributed by atoms with Crippen LogP contribution in [0.5, 0.6) is 0 Å². The molecule has 0 fully saturated rings. The zero-order valence-electron chi connectivity index (χ0n) is 1.63. The van der Waals surface area contributed by atoms with Crippen molar-refractivity contribution in [2.45, 2.75) is 0 Å². The van der Waals surface area contributed by atoms with Crippen LogP contribution in [0.2, 0.25) is 0 Å². The fourth-order valence-electron chi connectivity index (χ4n) is 0. The molecule has 0 unspecified atom stereocenters. The van der Waals surface area contributed by atoms with Crippen molar-refractivity contribution in [1.29, 1.82) is 0 Å². The van der Waals surface area contributed by atoms with Crippen molar-refractivity contribution >= 4 is 0 Å². The number of hydrogen-bond donors (Lipinski definition) is 0. The Bertz CT molecular complexity index is 3.25. The van der Waals surface area contributed by atoms with Gasteiger partial charge in [-0.2, -0.15) is 0 Å². The molecule has 0 amide bonds. The minimum atomic E-state index is 0. The van der Waals surface area contributed by atoms with E-state index in [9.17, 15) is 0 Å². The Kier molecular flexibility index (Phi) is 199. The van der Waals surface area contributed by atoms with Gasteiger partial charge in [-0.15, -0.1) is 0 Å². The first-order chi connectivity index (χ1) is 0. The van der Waals surface area contributed by atoms with Crippen LogP contribution < -0.4 is 37.2 Å². The van der Waals surface area contributed by atoms with Crippen LogP contribution in [0.3, 0.4) is 0 Å². The minimum absolute atomic E-state index is 0. The van der Waals surface area contributed by atoms with Crippen LogP contribution >= 0.6 is 0 Å². The van der Waals surface area contributed by atoms with Crippen LogP contribution in [0.25, 0.3) is 0 Å². The van der Waals surface area contributed by atoms with E-state index in [2.05, 4.69) is 0 Å². The molecule has 0 aliphatic heterocycles. The van der Waals surface area contributed by atoms with Gasteiger partial charge in [-0.05, 0) is 0 Å². The Labute approximate surface area is 67.7 Å². The van der Waals surface area contributed by atoms with Crippen LogP contribution in [0.15, 0.2) is 0 Å². The van der Waals surface area contributed by atoms with E-state index < -0.39 is 0 Å². The van der Waals surface area contributed by atoms with Gasteiger partial charge in [-0.3, -0.25) is 0 Å². The number of rotatable bonds is 0. The summed E-state index contributed by atoms with van der Waals surface area (Å²) in [7, 11) is 0. The molecule has 0 aromatic rings. The Morgan fingerprint density at radius 2 is 0.500 bits per heavy atom. The Morgan fingerprint density at radius 3 is 0.500 bits per heavy atom. The van der Waals surface area contributed by atoms with Gasteiger partial charge in [0.05, 0.1) is 0 Å². The first kappa shape index (κ1) is 38.8. The molecule has 26 valence electrons. The third kappa shape index (κ3) is 9.06. The van der Waals surface area contributed by atoms with E-state index in [-0.39, 0.29) is 68.3 Å². The molecule has 0 aromatic carbocycles. The monoisotopic (exact) mass is 343 g/mol. The summed E-state index contributed by atoms with van der Waals surface area (Å²) in [4.78, 5) is 0. The first-order valence-corrected chi connectivity index (χ1v) is 0. The predicted octanol–water partition coefficient (Wildman–Crippen LogP) is -8.99. The Morgan fingerprint density at radius 1 is 0.500 bits per heavy atom. The molecule has 0 spiro atoms. The smallest absolute Gasteiger partial charge is 1.00 e. The van der Waals surface area contributed by atoms with Crippen molar-refractivity contribution in [2.24, 2.45) is 0 Å². The zero-order valence-corrected chi connectivity index (χ0v) is 8.07. The van der Waals surface area contributed by atoms with Crippen LogP contribution in [0, 0.1) is 31.1 Å². The quantitative estimate of drug-likeness (QED) is 0.410. The van der Waals surface area contributed by atoms with Crippen molar-refractivity contribution in [1.82, 2.24) is 0 Å². The molecule has 0 N–H and O–H groups in total. The van der Waals surface area contributed by atoms with Gasteiger partial charge in [0.15, 0.2) is 0 Å². The standard InChI is InChI=1S/3ClH.U/h3*1H;/q;;;+2/p-3. The molecule has 4 heavy (non-hydrogen) atoms. The summed E-state index contributed by atoms with van der Waals surface area (Å²) >= 11 is 0. The second-order valence-electron chi connectivity index (χ2n) is 0. The maximum absolute atomic E-state index is 0. The number of hydrogen-bond acceptors (Lipinski definition) is 0. The van der Waals surface area contributed by atoms with Crippen molar-refractivity contribution in [3.63, 3.8) is 0 Å². The van der Waals surface area contributed by atoms with Gasteiger partial charge in [-0.25, -0.2) is 0 Å². The van der Waals surface area contributed by atoms with Gasteiger partial charge in [0, 0.05) is 0 Å². The summed E-state index contributed by atoms with van der Waals surface area (Å²) in [6, 6.07) is 0. The summed E-state index contributed by atoms with van der Waals surface area (Å²) in [6.07, 6.45) is 0. The molecule has 0 rings (SSSR count). The Balaban J connectivity index is 0. The van der Waals surface area contributed by atoms with E-state index in [1.54, 1.807) is 0 Å². The second kappa shape index (κ2) is 20.5. The topological polar surface area (TPSA) is 0 Å². The van der Waals surface area contributed by atoms with Crippen molar-refractivity contribution in [3.8, 4) is 0 Å². The fraction of sp³-hybridized carbons (Fsp3) is 0. The summed E-state index contributed by atoms with van der Waals surface area (Å²) < 4.78 is 0. The molecule has 0 saturated heterocycles. The van der Waals surface area contributed by atoms with E-state index in [0.717, 1.165) is 0 Å². The van der Waals surface area contributed by atoms with Crippen LogP contribution in [0.4, 0.5) is 0 Å². The molecule has 0 heterocycles. The maximum Gasteiger partial charge on any atom is 2.00 e. The van der Waals surface area contributed by atoms with Gasteiger partial charge in [0.1, 0.15) is 0 Å². The van der Waals surface area contributed by atoms with Crippen LogP contribution in [0.1, 0.15) is 0 Å². The Hall–Kier alpha value is 1.92. The molecule has 0 nitrogen and oxygen atoms in total. The molecule has 0 bridgehead atoms. The largest absolute Gasteiger partial charge is 2.00 e. The van der Waals surface area contributed by atoms with Gasteiger partial charge in [-0.1, -0.05) is 0 Å². The van der Waals surface area contributed by atoms with E-state index in [0.29, 0.717) is 0 Å². The third-order valence-corrected chi connectivity index (χ3v) is 0. The fourth-order valence-corrected chi connectivity index (χ4v) is 0. The average molecular weight is 344 g/mol. The molecular weight excluding hydrogens is 344 g/mol. The summed E-state index contributed by atoms with van der Waals surface area (Å²) in [5.41, 5.74) is 0. The van der Waals surface area contributed by atoms with Gasteiger partial charge < -0.3 is 37.2 Å². The molecule has 0 atom stereocenters. The summed E-state index contributed by atoms with van der Waals surface area (Å²) in [5, 5.41) is 0. The predicted molar refractivity (Wildman–Crippen MR) is 0 cm³/mol. The molecule has 0 saturated carbocycles. The average Bonchev–Trinajstić information content (AvgIpc) is 0. The van der Waals surface area contributed by atoms with Crippen molar-refractivity contribution in [2.75, 3.05) is 0 Å². The molecular formula is Cl3U-. The molecule has 0 aromatic heterocycles. The summed E-state index contributed by atoms with van der Waals surface area (Å²) in [6.45, 7) is 0. The van der Waals surface area contributed by atoms with E-state index in [4.69, 9.17) is 0 Å². The van der Waals surface area contributed by atoms with Crippen molar-refractivity contribution < 1.29 is 68.3 Å². The second-order valence-corrected chi connectivity index (χ2v) is 0. The third-order valence-electron chi connectivity index (χ3n) is 0. The maximum atomic E-state index is 0. The normalized spacial score (nSPS) is 0. The van der Waals surface area contributed by atoms with Crippen molar-refractivity contribution in [3.05, 3.63) is 0 Å². The van der Waals surface area contributed by atoms with E-state index >= 15 is 0 Å². The van der Waals surface area contributed by atoms with Gasteiger partial charge >= 0.3 is 31.1 Å². The van der Waals surface area contributed by atoms with E-state index in [1.165, 1.54) is 0 Å². The molecule has 0 radical (unpaired) electrons. The molecule has 4 heteroatoms. The summed E-state index contributed by atoms with van der Waals surface area (Å²) in [5.74, 6) is 0. The first-order valence-electron chi connectivity index (χ1n) is 0. The SMILES string of the molecule is [Cl-].[Cl-].[Cl-].[U+2]. The van der Waals surface area contributed by atoms with E-state index in [1.807, 2.05) is 0 Å². The van der Waals surface area contributed by atoms with Crippen LogP contribution in [-0.4, -0.2) is 0 Å². The molecule has 0 aliphatic rings. The minimum Gasteiger partial charge on any atom is -1.00 e. The molecule has 0 aliphatic carbocycles. The van der Waals surface area contributed by atoms with Gasteiger partial charge in [0.2, 0.25) is 0 Å². The number of halogens is 3.